The molecule has 0 unspecified atom stereocenters. The standard InChI is InChI=1S/C20H32N4O4S/c1-29(26,27)24(12-11-18-21-20(28-22-18)16-7-4-8-16)17-13-23(14-17)19(25)10-9-15-5-2-3-6-15/h15-17H,2-14H2,1H3. The molecule has 3 aliphatic rings. The summed E-state index contributed by atoms with van der Waals surface area (Å²) in [6, 6.07) is -0.154. The molecule has 1 amide bonds. The average molecular weight is 425 g/mol. The molecule has 8 nitrogen and oxygen atoms in total. The SMILES string of the molecule is CS(=O)(=O)N(CCc1noc(C2CCC2)n1)C1CN(C(=O)CCC2CCCC2)C1. The lowest BCUT2D eigenvalue weighted by Crippen LogP contribution is -2.62. The van der Waals surface area contributed by atoms with Gasteiger partial charge < -0.3 is 9.42 Å². The predicted molar refractivity (Wildman–Crippen MR) is 108 cm³/mol. The topological polar surface area (TPSA) is 96.6 Å². The van der Waals surface area contributed by atoms with Crippen LogP contribution in [-0.4, -0.2) is 65.6 Å². The van der Waals surface area contributed by atoms with Gasteiger partial charge in [0.15, 0.2) is 5.82 Å². The summed E-state index contributed by atoms with van der Waals surface area (Å²) in [5, 5.41) is 4.01. The molecule has 9 heteroatoms. The van der Waals surface area contributed by atoms with Crippen molar-refractivity contribution in [3.63, 3.8) is 0 Å². The third kappa shape index (κ3) is 4.99. The zero-order valence-corrected chi connectivity index (χ0v) is 18.1. The highest BCUT2D eigenvalue weighted by atomic mass is 32.2. The molecule has 0 spiro atoms. The van der Waals surface area contributed by atoms with Gasteiger partial charge in [0.05, 0.1) is 12.3 Å². The number of carbonyl (C=O) groups is 1. The van der Waals surface area contributed by atoms with Crippen LogP contribution in [0.25, 0.3) is 0 Å². The summed E-state index contributed by atoms with van der Waals surface area (Å²) in [6.45, 7) is 1.28. The Morgan fingerprint density at radius 2 is 1.90 bits per heavy atom. The van der Waals surface area contributed by atoms with Crippen LogP contribution in [0.15, 0.2) is 4.52 Å². The van der Waals surface area contributed by atoms with Crippen molar-refractivity contribution in [2.24, 2.45) is 5.92 Å². The highest BCUT2D eigenvalue weighted by Gasteiger charge is 2.38. The number of nitrogens with zero attached hydrogens (tertiary/aromatic N) is 4. The van der Waals surface area contributed by atoms with Gasteiger partial charge >= 0.3 is 0 Å². The van der Waals surface area contributed by atoms with E-state index in [-0.39, 0.29) is 11.9 Å². The molecule has 0 bridgehead atoms. The maximum absolute atomic E-state index is 12.4. The number of aromatic nitrogens is 2. The number of rotatable bonds is 9. The van der Waals surface area contributed by atoms with E-state index in [0.29, 0.717) is 56.0 Å². The molecule has 1 aromatic rings. The van der Waals surface area contributed by atoms with E-state index in [1.807, 2.05) is 0 Å². The van der Waals surface area contributed by atoms with E-state index in [4.69, 9.17) is 4.52 Å². The third-order valence-electron chi connectivity index (χ3n) is 6.78. The molecule has 1 aromatic heterocycles. The second-order valence-corrected chi connectivity index (χ2v) is 10.9. The summed E-state index contributed by atoms with van der Waals surface area (Å²) in [6.07, 6.45) is 11.7. The van der Waals surface area contributed by atoms with Gasteiger partial charge in [-0.25, -0.2) is 8.42 Å². The predicted octanol–water partition coefficient (Wildman–Crippen LogP) is 2.32. The zero-order chi connectivity index (χ0) is 20.4. The smallest absolute Gasteiger partial charge is 0.229 e. The molecule has 2 aliphatic carbocycles. The molecule has 4 rings (SSSR count). The Morgan fingerprint density at radius 3 is 2.52 bits per heavy atom. The van der Waals surface area contributed by atoms with Crippen LogP contribution < -0.4 is 0 Å². The highest BCUT2D eigenvalue weighted by Crippen LogP contribution is 2.35. The van der Waals surface area contributed by atoms with Crippen molar-refractivity contribution in [3.8, 4) is 0 Å². The molecular weight excluding hydrogens is 392 g/mol. The van der Waals surface area contributed by atoms with Crippen molar-refractivity contribution in [2.45, 2.75) is 76.2 Å². The van der Waals surface area contributed by atoms with Crippen LogP contribution in [0.5, 0.6) is 0 Å². The minimum absolute atomic E-state index is 0.154. The van der Waals surface area contributed by atoms with E-state index in [0.717, 1.165) is 19.3 Å². The molecule has 1 aliphatic heterocycles. The fraction of sp³-hybridized carbons (Fsp3) is 0.850. The van der Waals surface area contributed by atoms with E-state index in [1.54, 1.807) is 4.90 Å². The number of hydrogen-bond acceptors (Lipinski definition) is 6. The summed E-state index contributed by atoms with van der Waals surface area (Å²) in [5.41, 5.74) is 0. The first-order chi connectivity index (χ1) is 13.9. The van der Waals surface area contributed by atoms with Crippen LogP contribution in [0.3, 0.4) is 0 Å². The van der Waals surface area contributed by atoms with Crippen LogP contribution in [0, 0.1) is 5.92 Å². The number of amides is 1. The van der Waals surface area contributed by atoms with Crippen molar-refractivity contribution >= 4 is 15.9 Å². The lowest BCUT2D eigenvalue weighted by atomic mass is 9.85. The first kappa shape index (κ1) is 20.8. The summed E-state index contributed by atoms with van der Waals surface area (Å²) < 4.78 is 31.4. The van der Waals surface area contributed by atoms with Gasteiger partial charge in [0.2, 0.25) is 21.8 Å². The Kier molecular flexibility index (Phi) is 6.24. The largest absolute Gasteiger partial charge is 0.339 e. The van der Waals surface area contributed by atoms with Gasteiger partial charge in [0.25, 0.3) is 0 Å². The third-order valence-corrected chi connectivity index (χ3v) is 8.12. The van der Waals surface area contributed by atoms with E-state index in [2.05, 4.69) is 10.1 Å². The summed E-state index contributed by atoms with van der Waals surface area (Å²) in [7, 11) is -3.36. The normalized spacial score (nSPS) is 21.5. The van der Waals surface area contributed by atoms with Crippen molar-refractivity contribution in [2.75, 3.05) is 25.9 Å². The summed E-state index contributed by atoms with van der Waals surface area (Å²) in [5.74, 6) is 2.47. The van der Waals surface area contributed by atoms with Gasteiger partial charge in [0.1, 0.15) is 0 Å². The Bertz CT molecular complexity index is 808. The molecular formula is C20H32N4O4S. The Morgan fingerprint density at radius 1 is 1.17 bits per heavy atom. The maximum atomic E-state index is 12.4. The molecule has 0 aromatic carbocycles. The molecule has 2 heterocycles. The quantitative estimate of drug-likeness (QED) is 0.604. The van der Waals surface area contributed by atoms with Gasteiger partial charge in [-0.15, -0.1) is 0 Å². The Labute approximate surface area is 173 Å². The van der Waals surface area contributed by atoms with Gasteiger partial charge in [-0.05, 0) is 25.2 Å². The lowest BCUT2D eigenvalue weighted by Gasteiger charge is -2.44. The van der Waals surface area contributed by atoms with Gasteiger partial charge in [-0.3, -0.25) is 4.79 Å². The van der Waals surface area contributed by atoms with Crippen LogP contribution in [-0.2, 0) is 21.2 Å². The minimum atomic E-state index is -3.36. The highest BCUT2D eigenvalue weighted by molar-refractivity contribution is 7.88. The molecule has 1 saturated heterocycles. The van der Waals surface area contributed by atoms with Crippen molar-refractivity contribution in [1.29, 1.82) is 0 Å². The average Bonchev–Trinajstić information content (AvgIpc) is 3.24. The molecule has 0 N–H and O–H groups in total. The fourth-order valence-corrected chi connectivity index (χ4v) is 5.74. The first-order valence-electron chi connectivity index (χ1n) is 11.0. The summed E-state index contributed by atoms with van der Waals surface area (Å²) >= 11 is 0. The molecule has 162 valence electrons. The Hall–Kier alpha value is -1.48. The number of carbonyl (C=O) groups excluding carboxylic acids is 1. The maximum Gasteiger partial charge on any atom is 0.229 e. The minimum Gasteiger partial charge on any atom is -0.339 e. The number of hydrogen-bond donors (Lipinski definition) is 0. The van der Waals surface area contributed by atoms with Crippen molar-refractivity contribution in [1.82, 2.24) is 19.3 Å². The van der Waals surface area contributed by atoms with Crippen molar-refractivity contribution < 1.29 is 17.7 Å². The molecule has 2 saturated carbocycles. The lowest BCUT2D eigenvalue weighted by molar-refractivity contribution is -0.137. The molecule has 29 heavy (non-hydrogen) atoms. The first-order valence-corrected chi connectivity index (χ1v) is 12.8. The van der Waals surface area contributed by atoms with E-state index in [9.17, 15) is 13.2 Å². The van der Waals surface area contributed by atoms with Gasteiger partial charge in [-0.2, -0.15) is 9.29 Å². The van der Waals surface area contributed by atoms with Crippen LogP contribution in [0.2, 0.25) is 0 Å². The number of likely N-dealkylation sites (tertiary alicyclic amines) is 1. The van der Waals surface area contributed by atoms with Crippen LogP contribution >= 0.6 is 0 Å². The molecule has 0 atom stereocenters. The van der Waals surface area contributed by atoms with E-state index < -0.39 is 10.0 Å². The molecule has 0 radical (unpaired) electrons. The van der Waals surface area contributed by atoms with Crippen LogP contribution in [0.4, 0.5) is 0 Å². The van der Waals surface area contributed by atoms with Gasteiger partial charge in [0, 0.05) is 38.4 Å². The fourth-order valence-electron chi connectivity index (χ4n) is 4.65. The van der Waals surface area contributed by atoms with Crippen LogP contribution in [0.1, 0.15) is 75.4 Å². The number of sulfonamides is 1. The van der Waals surface area contributed by atoms with E-state index in [1.165, 1.54) is 42.7 Å². The zero-order valence-electron chi connectivity index (χ0n) is 17.3. The van der Waals surface area contributed by atoms with Gasteiger partial charge in [-0.1, -0.05) is 37.3 Å². The Balaban J connectivity index is 1.25. The monoisotopic (exact) mass is 424 g/mol. The van der Waals surface area contributed by atoms with Crippen molar-refractivity contribution in [3.05, 3.63) is 11.7 Å². The van der Waals surface area contributed by atoms with E-state index >= 15 is 0 Å². The summed E-state index contributed by atoms with van der Waals surface area (Å²) in [4.78, 5) is 18.6. The molecule has 3 fully saturated rings. The second kappa shape index (κ2) is 8.71. The second-order valence-electron chi connectivity index (χ2n) is 8.94.